The van der Waals surface area contributed by atoms with E-state index in [0.717, 1.165) is 64.1 Å². The van der Waals surface area contributed by atoms with Crippen molar-refractivity contribution in [2.75, 3.05) is 19.6 Å². The summed E-state index contributed by atoms with van der Waals surface area (Å²) in [5.41, 5.74) is 0.635. The van der Waals surface area contributed by atoms with Crippen molar-refractivity contribution in [2.45, 2.75) is 63.8 Å². The molecule has 4 nitrogen and oxygen atoms in total. The van der Waals surface area contributed by atoms with Crippen LogP contribution < -0.4 is 5.32 Å². The van der Waals surface area contributed by atoms with E-state index in [4.69, 9.17) is 0 Å². The maximum absolute atomic E-state index is 13.1. The summed E-state index contributed by atoms with van der Waals surface area (Å²) in [5, 5.41) is 3.24. The molecule has 0 radical (unpaired) electrons. The van der Waals surface area contributed by atoms with Crippen molar-refractivity contribution in [1.82, 2.24) is 10.2 Å². The van der Waals surface area contributed by atoms with Crippen LogP contribution in [0.25, 0.3) is 0 Å². The quantitative estimate of drug-likeness (QED) is 0.698. The highest BCUT2D eigenvalue weighted by Crippen LogP contribution is 2.31. The monoisotopic (exact) mass is 400 g/mol. The van der Waals surface area contributed by atoms with Gasteiger partial charge in [0.2, 0.25) is 5.91 Å². The van der Waals surface area contributed by atoms with Gasteiger partial charge in [-0.25, -0.2) is 4.39 Å². The zero-order valence-electron chi connectivity index (χ0n) is 17.2. The SMILES string of the molecule is O=C(NC1CCC(CCN2CCC(C(=O)c3ccc(F)cc3)CC2)CC1)C1CC1. The smallest absolute Gasteiger partial charge is 0.223 e. The lowest BCUT2D eigenvalue weighted by molar-refractivity contribution is -0.123. The van der Waals surface area contributed by atoms with E-state index < -0.39 is 0 Å². The molecular weight excluding hydrogens is 367 g/mol. The van der Waals surface area contributed by atoms with Crippen molar-refractivity contribution in [3.63, 3.8) is 0 Å². The van der Waals surface area contributed by atoms with E-state index in [1.165, 1.54) is 31.4 Å². The minimum atomic E-state index is -0.296. The van der Waals surface area contributed by atoms with Crippen molar-refractivity contribution < 1.29 is 14.0 Å². The molecule has 5 heteroatoms. The number of carbonyl (C=O) groups excluding carboxylic acids is 2. The maximum Gasteiger partial charge on any atom is 0.223 e. The molecule has 4 rings (SSSR count). The van der Waals surface area contributed by atoms with Crippen LogP contribution in [0, 0.1) is 23.6 Å². The summed E-state index contributed by atoms with van der Waals surface area (Å²) in [6.07, 6.45) is 9.85. The molecule has 1 N–H and O–H groups in total. The Morgan fingerprint density at radius 1 is 0.897 bits per heavy atom. The summed E-state index contributed by atoms with van der Waals surface area (Å²) in [4.78, 5) is 27.0. The van der Waals surface area contributed by atoms with Crippen molar-refractivity contribution in [3.05, 3.63) is 35.6 Å². The first-order valence-electron chi connectivity index (χ1n) is 11.4. The molecule has 0 atom stereocenters. The molecule has 0 unspecified atom stereocenters. The molecule has 0 aromatic heterocycles. The van der Waals surface area contributed by atoms with Gasteiger partial charge < -0.3 is 10.2 Å². The second-order valence-corrected chi connectivity index (χ2v) is 9.28. The molecule has 1 aliphatic heterocycles. The van der Waals surface area contributed by atoms with Gasteiger partial charge in [-0.05, 0) is 108 Å². The average molecular weight is 401 g/mol. The van der Waals surface area contributed by atoms with Crippen LogP contribution in [-0.4, -0.2) is 42.3 Å². The molecule has 1 saturated heterocycles. The molecule has 2 saturated carbocycles. The van der Waals surface area contributed by atoms with Gasteiger partial charge in [0.15, 0.2) is 5.78 Å². The van der Waals surface area contributed by atoms with Crippen molar-refractivity contribution >= 4 is 11.7 Å². The molecule has 3 fully saturated rings. The molecule has 2 aliphatic carbocycles. The lowest BCUT2D eigenvalue weighted by atomic mass is 9.83. The first-order chi connectivity index (χ1) is 14.1. The van der Waals surface area contributed by atoms with Crippen LogP contribution in [0.15, 0.2) is 24.3 Å². The van der Waals surface area contributed by atoms with Crippen molar-refractivity contribution in [1.29, 1.82) is 0 Å². The van der Waals surface area contributed by atoms with E-state index in [0.29, 0.717) is 17.5 Å². The molecule has 1 amide bonds. The molecular formula is C24H33FN2O2. The number of hydrogen-bond acceptors (Lipinski definition) is 3. The number of benzene rings is 1. The number of halogens is 1. The van der Waals surface area contributed by atoms with Gasteiger partial charge in [-0.1, -0.05) is 0 Å². The number of likely N-dealkylation sites (tertiary alicyclic amines) is 1. The number of nitrogens with one attached hydrogen (secondary N) is 1. The van der Waals surface area contributed by atoms with Gasteiger partial charge in [0.25, 0.3) is 0 Å². The Balaban J connectivity index is 1.13. The lowest BCUT2D eigenvalue weighted by Crippen LogP contribution is -2.40. The minimum absolute atomic E-state index is 0.0715. The van der Waals surface area contributed by atoms with Gasteiger partial charge in [0.05, 0.1) is 0 Å². The normalized spacial score (nSPS) is 26.2. The number of ketones is 1. The number of amides is 1. The summed E-state index contributed by atoms with van der Waals surface area (Å²) in [5.74, 6) is 1.30. The number of rotatable bonds is 7. The van der Waals surface area contributed by atoms with Crippen LogP contribution in [0.4, 0.5) is 4.39 Å². The number of hydrogen-bond donors (Lipinski definition) is 1. The summed E-state index contributed by atoms with van der Waals surface area (Å²) in [7, 11) is 0. The third kappa shape index (κ3) is 5.65. The Morgan fingerprint density at radius 3 is 2.17 bits per heavy atom. The summed E-state index contributed by atoms with van der Waals surface area (Å²) >= 11 is 0. The number of Topliss-reactive ketones (excluding diaryl/α,β-unsaturated/α-hetero) is 1. The van der Waals surface area contributed by atoms with Crippen molar-refractivity contribution in [2.24, 2.45) is 17.8 Å². The summed E-state index contributed by atoms with van der Waals surface area (Å²) < 4.78 is 13.1. The third-order valence-corrected chi connectivity index (χ3v) is 7.08. The fourth-order valence-corrected chi connectivity index (χ4v) is 4.89. The Bertz CT molecular complexity index is 700. The average Bonchev–Trinajstić information content (AvgIpc) is 3.59. The van der Waals surface area contributed by atoms with Gasteiger partial charge in [-0.3, -0.25) is 9.59 Å². The molecule has 3 aliphatic rings. The van der Waals surface area contributed by atoms with E-state index in [1.54, 1.807) is 12.1 Å². The van der Waals surface area contributed by atoms with Gasteiger partial charge in [0.1, 0.15) is 5.82 Å². The summed E-state index contributed by atoms with van der Waals surface area (Å²) in [6.45, 7) is 3.07. The molecule has 1 heterocycles. The van der Waals surface area contributed by atoms with Crippen LogP contribution in [0.5, 0.6) is 0 Å². The molecule has 158 valence electrons. The zero-order chi connectivity index (χ0) is 20.2. The zero-order valence-corrected chi connectivity index (χ0v) is 17.2. The van der Waals surface area contributed by atoms with Gasteiger partial charge >= 0.3 is 0 Å². The van der Waals surface area contributed by atoms with E-state index in [-0.39, 0.29) is 23.4 Å². The minimum Gasteiger partial charge on any atom is -0.353 e. The highest BCUT2D eigenvalue weighted by Gasteiger charge is 2.32. The Labute approximate surface area is 173 Å². The molecule has 0 spiro atoms. The van der Waals surface area contributed by atoms with E-state index in [2.05, 4.69) is 10.2 Å². The van der Waals surface area contributed by atoms with Gasteiger partial charge in [-0.2, -0.15) is 0 Å². The first kappa shape index (κ1) is 20.5. The largest absolute Gasteiger partial charge is 0.353 e. The Hall–Kier alpha value is -1.75. The Kier molecular flexibility index (Phi) is 6.63. The molecule has 1 aromatic carbocycles. The second kappa shape index (κ2) is 9.38. The Morgan fingerprint density at radius 2 is 1.55 bits per heavy atom. The van der Waals surface area contributed by atoms with Crippen LogP contribution >= 0.6 is 0 Å². The second-order valence-electron chi connectivity index (χ2n) is 9.28. The lowest BCUT2D eigenvalue weighted by Gasteiger charge is -2.34. The first-order valence-corrected chi connectivity index (χ1v) is 11.4. The van der Waals surface area contributed by atoms with Crippen LogP contribution in [0.3, 0.4) is 0 Å². The van der Waals surface area contributed by atoms with Crippen molar-refractivity contribution in [3.8, 4) is 0 Å². The van der Waals surface area contributed by atoms with Crippen LogP contribution in [-0.2, 0) is 4.79 Å². The molecule has 29 heavy (non-hydrogen) atoms. The highest BCUT2D eigenvalue weighted by atomic mass is 19.1. The summed E-state index contributed by atoms with van der Waals surface area (Å²) in [6, 6.07) is 6.34. The molecule has 0 bridgehead atoms. The molecule has 1 aromatic rings. The third-order valence-electron chi connectivity index (χ3n) is 7.08. The van der Waals surface area contributed by atoms with Gasteiger partial charge in [-0.15, -0.1) is 0 Å². The highest BCUT2D eigenvalue weighted by molar-refractivity contribution is 5.97. The predicted molar refractivity (Wildman–Crippen MR) is 111 cm³/mol. The van der Waals surface area contributed by atoms with E-state index in [9.17, 15) is 14.0 Å². The van der Waals surface area contributed by atoms with Crippen LogP contribution in [0.1, 0.15) is 68.1 Å². The fourth-order valence-electron chi connectivity index (χ4n) is 4.89. The predicted octanol–water partition coefficient (Wildman–Crippen LogP) is 4.20. The van der Waals surface area contributed by atoms with E-state index in [1.807, 2.05) is 0 Å². The van der Waals surface area contributed by atoms with Gasteiger partial charge in [0, 0.05) is 23.4 Å². The fraction of sp³-hybridized carbons (Fsp3) is 0.667. The van der Waals surface area contributed by atoms with Crippen LogP contribution in [0.2, 0.25) is 0 Å². The number of carbonyl (C=O) groups is 2. The van der Waals surface area contributed by atoms with E-state index >= 15 is 0 Å². The standard InChI is InChI=1S/C24H33FN2O2/c25-21-7-5-18(6-8-21)23(28)19-12-15-27(16-13-19)14-11-17-1-9-22(10-2-17)26-24(29)20-3-4-20/h5-8,17,19-20,22H,1-4,9-16H2,(H,26,29). The topological polar surface area (TPSA) is 49.4 Å². The number of nitrogens with zero attached hydrogens (tertiary/aromatic N) is 1. The number of piperidine rings is 1. The maximum atomic E-state index is 13.1.